The molecule has 1 fully saturated rings. The standard InChI is InChI=1S/C11H17ClN4/c1-8-6-10(12)15-11(14-8)16(2)9-4-3-5-13-7-9/h6,9,13H,3-5,7H2,1-2H3/t9-/m0/s1. The molecular weight excluding hydrogens is 224 g/mol. The van der Waals surface area contributed by atoms with Crippen molar-refractivity contribution in [2.45, 2.75) is 25.8 Å². The van der Waals surface area contributed by atoms with E-state index < -0.39 is 0 Å². The molecule has 1 aliphatic rings. The zero-order chi connectivity index (χ0) is 11.5. The molecule has 16 heavy (non-hydrogen) atoms. The van der Waals surface area contributed by atoms with Gasteiger partial charge in [-0.05, 0) is 32.4 Å². The second-order valence-electron chi connectivity index (χ2n) is 4.24. The summed E-state index contributed by atoms with van der Waals surface area (Å²) in [6.45, 7) is 4.04. The molecule has 0 amide bonds. The third-order valence-electron chi connectivity index (χ3n) is 2.95. The lowest BCUT2D eigenvalue weighted by Gasteiger charge is -2.31. The summed E-state index contributed by atoms with van der Waals surface area (Å²) in [5.74, 6) is 0.721. The maximum absolute atomic E-state index is 5.94. The second kappa shape index (κ2) is 4.97. The van der Waals surface area contributed by atoms with E-state index in [1.165, 1.54) is 12.8 Å². The maximum Gasteiger partial charge on any atom is 0.227 e. The fourth-order valence-electron chi connectivity index (χ4n) is 2.00. The van der Waals surface area contributed by atoms with E-state index >= 15 is 0 Å². The summed E-state index contributed by atoms with van der Waals surface area (Å²) in [7, 11) is 2.03. The van der Waals surface area contributed by atoms with E-state index in [4.69, 9.17) is 11.6 Å². The van der Waals surface area contributed by atoms with E-state index in [0.29, 0.717) is 11.2 Å². The molecule has 1 aromatic heterocycles. The lowest BCUT2D eigenvalue weighted by atomic mass is 10.1. The highest BCUT2D eigenvalue weighted by atomic mass is 35.5. The van der Waals surface area contributed by atoms with Crippen LogP contribution in [0.5, 0.6) is 0 Å². The monoisotopic (exact) mass is 240 g/mol. The van der Waals surface area contributed by atoms with Gasteiger partial charge in [0, 0.05) is 25.3 Å². The van der Waals surface area contributed by atoms with E-state index in [2.05, 4.69) is 20.2 Å². The van der Waals surface area contributed by atoms with Gasteiger partial charge in [0.05, 0.1) is 0 Å². The van der Waals surface area contributed by atoms with Gasteiger partial charge in [-0.3, -0.25) is 0 Å². The van der Waals surface area contributed by atoms with Crippen LogP contribution in [0.2, 0.25) is 5.15 Å². The van der Waals surface area contributed by atoms with Crippen LogP contribution in [0.1, 0.15) is 18.5 Å². The average molecular weight is 241 g/mol. The fourth-order valence-corrected chi connectivity index (χ4v) is 2.23. The Morgan fingerprint density at radius 2 is 2.31 bits per heavy atom. The Labute approximate surface area is 101 Å². The molecule has 0 saturated carbocycles. The predicted molar refractivity (Wildman–Crippen MR) is 66.1 cm³/mol. The number of aromatic nitrogens is 2. The SMILES string of the molecule is Cc1cc(Cl)nc(N(C)[C@H]2CCCNC2)n1. The van der Waals surface area contributed by atoms with Gasteiger partial charge in [0.25, 0.3) is 0 Å². The number of hydrogen-bond acceptors (Lipinski definition) is 4. The Balaban J connectivity index is 2.15. The first-order chi connectivity index (χ1) is 7.66. The summed E-state index contributed by atoms with van der Waals surface area (Å²) in [6.07, 6.45) is 2.38. The van der Waals surface area contributed by atoms with Crippen molar-refractivity contribution < 1.29 is 0 Å². The molecule has 0 spiro atoms. The van der Waals surface area contributed by atoms with Gasteiger partial charge in [-0.1, -0.05) is 11.6 Å². The molecule has 1 atom stereocenters. The van der Waals surface area contributed by atoms with Crippen LogP contribution in [0.15, 0.2) is 6.07 Å². The van der Waals surface area contributed by atoms with Crippen molar-refractivity contribution in [1.82, 2.24) is 15.3 Å². The number of anilines is 1. The molecule has 88 valence electrons. The smallest absolute Gasteiger partial charge is 0.227 e. The van der Waals surface area contributed by atoms with Crippen molar-refractivity contribution in [3.05, 3.63) is 16.9 Å². The first kappa shape index (κ1) is 11.6. The van der Waals surface area contributed by atoms with Crippen LogP contribution in [0.25, 0.3) is 0 Å². The quantitative estimate of drug-likeness (QED) is 0.798. The third-order valence-corrected chi connectivity index (χ3v) is 3.14. The van der Waals surface area contributed by atoms with Gasteiger partial charge in [0.2, 0.25) is 5.95 Å². The Morgan fingerprint density at radius 3 is 2.94 bits per heavy atom. The zero-order valence-electron chi connectivity index (χ0n) is 9.70. The van der Waals surface area contributed by atoms with E-state index in [9.17, 15) is 0 Å². The Morgan fingerprint density at radius 1 is 1.50 bits per heavy atom. The van der Waals surface area contributed by atoms with Crippen LogP contribution in [-0.2, 0) is 0 Å². The molecule has 0 bridgehead atoms. The lowest BCUT2D eigenvalue weighted by Crippen LogP contribution is -2.44. The van der Waals surface area contributed by atoms with Crippen molar-refractivity contribution in [2.75, 3.05) is 25.0 Å². The highest BCUT2D eigenvalue weighted by Crippen LogP contribution is 2.17. The molecule has 5 heteroatoms. The fraction of sp³-hybridized carbons (Fsp3) is 0.636. The summed E-state index contributed by atoms with van der Waals surface area (Å²) in [6, 6.07) is 2.24. The molecule has 0 aliphatic carbocycles. The second-order valence-corrected chi connectivity index (χ2v) is 4.63. The Kier molecular flexibility index (Phi) is 3.61. The van der Waals surface area contributed by atoms with Crippen LogP contribution >= 0.6 is 11.6 Å². The first-order valence-electron chi connectivity index (χ1n) is 5.61. The maximum atomic E-state index is 5.94. The van der Waals surface area contributed by atoms with Gasteiger partial charge >= 0.3 is 0 Å². The summed E-state index contributed by atoms with van der Waals surface area (Å²) < 4.78 is 0. The molecule has 0 radical (unpaired) electrons. The highest BCUT2D eigenvalue weighted by molar-refractivity contribution is 6.29. The predicted octanol–water partition coefficient (Wildman–Crippen LogP) is 1.63. The first-order valence-corrected chi connectivity index (χ1v) is 5.99. The minimum absolute atomic E-state index is 0.464. The molecule has 1 saturated heterocycles. The van der Waals surface area contributed by atoms with Gasteiger partial charge in [0.15, 0.2) is 0 Å². The van der Waals surface area contributed by atoms with Crippen LogP contribution in [-0.4, -0.2) is 36.1 Å². The Hall–Kier alpha value is -0.870. The van der Waals surface area contributed by atoms with Gasteiger partial charge in [-0.25, -0.2) is 9.97 Å². The number of nitrogens with one attached hydrogen (secondary N) is 1. The minimum atomic E-state index is 0.464. The molecular formula is C11H17ClN4. The van der Waals surface area contributed by atoms with Crippen LogP contribution < -0.4 is 10.2 Å². The van der Waals surface area contributed by atoms with Gasteiger partial charge in [-0.2, -0.15) is 0 Å². The van der Waals surface area contributed by atoms with Crippen LogP contribution in [0.3, 0.4) is 0 Å². The van der Waals surface area contributed by atoms with Crippen LogP contribution in [0, 0.1) is 6.92 Å². The molecule has 0 unspecified atom stereocenters. The molecule has 1 aromatic rings. The van der Waals surface area contributed by atoms with Gasteiger partial charge < -0.3 is 10.2 Å². The molecule has 0 aromatic carbocycles. The zero-order valence-corrected chi connectivity index (χ0v) is 10.5. The number of piperidine rings is 1. The summed E-state index contributed by atoms with van der Waals surface area (Å²) >= 11 is 5.94. The molecule has 1 aliphatic heterocycles. The van der Waals surface area contributed by atoms with Crippen molar-refractivity contribution in [1.29, 1.82) is 0 Å². The minimum Gasteiger partial charge on any atom is -0.340 e. The van der Waals surface area contributed by atoms with Crippen molar-refractivity contribution in [3.8, 4) is 0 Å². The van der Waals surface area contributed by atoms with E-state index in [1.807, 2.05) is 14.0 Å². The number of nitrogens with zero attached hydrogens (tertiary/aromatic N) is 3. The van der Waals surface area contributed by atoms with Crippen molar-refractivity contribution >= 4 is 17.5 Å². The third kappa shape index (κ3) is 2.62. The highest BCUT2D eigenvalue weighted by Gasteiger charge is 2.20. The number of likely N-dealkylation sites (N-methyl/N-ethyl adjacent to an activating group) is 1. The van der Waals surface area contributed by atoms with E-state index in [-0.39, 0.29) is 0 Å². The van der Waals surface area contributed by atoms with Crippen LogP contribution in [0.4, 0.5) is 5.95 Å². The topological polar surface area (TPSA) is 41.1 Å². The largest absolute Gasteiger partial charge is 0.340 e. The Bertz CT molecular complexity index is 343. The van der Waals surface area contributed by atoms with E-state index in [0.717, 1.165) is 24.7 Å². The lowest BCUT2D eigenvalue weighted by molar-refractivity contribution is 0.441. The molecule has 2 rings (SSSR count). The van der Waals surface area contributed by atoms with Gasteiger partial charge in [-0.15, -0.1) is 0 Å². The van der Waals surface area contributed by atoms with Gasteiger partial charge in [0.1, 0.15) is 5.15 Å². The van der Waals surface area contributed by atoms with Crippen molar-refractivity contribution in [3.63, 3.8) is 0 Å². The number of halogens is 1. The average Bonchev–Trinajstić information content (AvgIpc) is 2.28. The number of aryl methyl sites for hydroxylation is 1. The molecule has 1 N–H and O–H groups in total. The normalized spacial score (nSPS) is 20.8. The van der Waals surface area contributed by atoms with E-state index in [1.54, 1.807) is 6.07 Å². The molecule has 4 nitrogen and oxygen atoms in total. The number of rotatable bonds is 2. The molecule has 2 heterocycles. The summed E-state index contributed by atoms with van der Waals surface area (Å²) in [5, 5.41) is 3.90. The summed E-state index contributed by atoms with van der Waals surface area (Å²) in [4.78, 5) is 10.8. The van der Waals surface area contributed by atoms with Crippen molar-refractivity contribution in [2.24, 2.45) is 0 Å². The summed E-state index contributed by atoms with van der Waals surface area (Å²) in [5.41, 5.74) is 0.908. The number of hydrogen-bond donors (Lipinski definition) is 1.